The van der Waals surface area contributed by atoms with Crippen LogP contribution in [0, 0.1) is 0 Å². The van der Waals surface area contributed by atoms with Gasteiger partial charge in [0.25, 0.3) is 11.3 Å². The number of rotatable bonds is 1. The van der Waals surface area contributed by atoms with E-state index in [0.29, 0.717) is 22.4 Å². The van der Waals surface area contributed by atoms with Crippen LogP contribution < -0.4 is 10.9 Å². The van der Waals surface area contributed by atoms with Gasteiger partial charge in [-0.1, -0.05) is 30.3 Å². The molecular weight excluding hydrogens is 308 g/mol. The molecule has 0 aliphatic carbocycles. The van der Waals surface area contributed by atoms with Gasteiger partial charge >= 0.3 is 6.03 Å². The first-order valence-corrected chi connectivity index (χ1v) is 7.34. The first-order valence-electron chi connectivity index (χ1n) is 7.34. The molecule has 0 saturated carbocycles. The summed E-state index contributed by atoms with van der Waals surface area (Å²) in [5.41, 5.74) is 1.64. The van der Waals surface area contributed by atoms with Gasteiger partial charge in [0.1, 0.15) is 6.33 Å². The van der Waals surface area contributed by atoms with Crippen LogP contribution in [0.2, 0.25) is 0 Å². The van der Waals surface area contributed by atoms with Gasteiger partial charge < -0.3 is 5.32 Å². The SMILES string of the molecule is O=C1N[C@@H](c2ccccc2)c2cc3c(cnc4ncnn43)c(=O)n21. The number of carbonyl (C=O) groups is 1. The van der Waals surface area contributed by atoms with Gasteiger partial charge in [-0.2, -0.15) is 14.6 Å². The van der Waals surface area contributed by atoms with Crippen molar-refractivity contribution in [1.29, 1.82) is 0 Å². The molecular formula is C16H10N6O2. The van der Waals surface area contributed by atoms with Crippen LogP contribution in [-0.4, -0.2) is 30.2 Å². The van der Waals surface area contributed by atoms with Crippen molar-refractivity contribution in [3.8, 4) is 0 Å². The summed E-state index contributed by atoms with van der Waals surface area (Å²) in [4.78, 5) is 33.2. The van der Waals surface area contributed by atoms with Crippen LogP contribution in [-0.2, 0) is 0 Å². The Balaban J connectivity index is 1.88. The quantitative estimate of drug-likeness (QED) is 0.567. The van der Waals surface area contributed by atoms with Crippen molar-refractivity contribution in [2.45, 2.75) is 6.04 Å². The van der Waals surface area contributed by atoms with E-state index in [1.807, 2.05) is 30.3 Å². The number of nitrogens with zero attached hydrogens (tertiary/aromatic N) is 5. The van der Waals surface area contributed by atoms with E-state index in [2.05, 4.69) is 20.4 Å². The normalized spacial score (nSPS) is 16.5. The fourth-order valence-corrected chi connectivity index (χ4v) is 3.13. The van der Waals surface area contributed by atoms with Crippen LogP contribution in [0.15, 0.2) is 53.7 Å². The highest BCUT2D eigenvalue weighted by Gasteiger charge is 2.32. The van der Waals surface area contributed by atoms with E-state index in [1.54, 1.807) is 6.07 Å². The summed E-state index contributed by atoms with van der Waals surface area (Å²) in [5, 5.41) is 7.29. The summed E-state index contributed by atoms with van der Waals surface area (Å²) in [6.45, 7) is 0. The lowest BCUT2D eigenvalue weighted by Crippen LogP contribution is -2.29. The third-order valence-corrected chi connectivity index (χ3v) is 4.22. The third-order valence-electron chi connectivity index (χ3n) is 4.22. The van der Waals surface area contributed by atoms with Crippen LogP contribution in [0.1, 0.15) is 17.3 Å². The minimum absolute atomic E-state index is 0.320. The Labute approximate surface area is 134 Å². The molecule has 8 nitrogen and oxygen atoms in total. The van der Waals surface area contributed by atoms with Gasteiger partial charge in [-0.25, -0.2) is 14.3 Å². The lowest BCUT2D eigenvalue weighted by atomic mass is 10.0. The number of nitrogens with one attached hydrogen (secondary N) is 1. The lowest BCUT2D eigenvalue weighted by Gasteiger charge is -2.11. The van der Waals surface area contributed by atoms with Crippen molar-refractivity contribution in [1.82, 2.24) is 29.5 Å². The molecule has 5 rings (SSSR count). The number of amides is 1. The highest BCUT2D eigenvalue weighted by Crippen LogP contribution is 2.27. The smallest absolute Gasteiger partial charge is 0.325 e. The molecule has 0 fully saturated rings. The molecule has 8 heteroatoms. The van der Waals surface area contributed by atoms with Gasteiger partial charge in [-0.05, 0) is 11.6 Å². The fraction of sp³-hybridized carbons (Fsp3) is 0.0625. The summed E-state index contributed by atoms with van der Waals surface area (Å²) >= 11 is 0. The number of carbonyl (C=O) groups excluding carboxylic acids is 1. The van der Waals surface area contributed by atoms with Crippen molar-refractivity contribution in [3.05, 3.63) is 70.5 Å². The van der Waals surface area contributed by atoms with Crippen LogP contribution in [0.5, 0.6) is 0 Å². The molecule has 0 unspecified atom stereocenters. The Morgan fingerprint density at radius 1 is 1.08 bits per heavy atom. The van der Waals surface area contributed by atoms with Gasteiger partial charge in [0.05, 0.1) is 22.6 Å². The Kier molecular flexibility index (Phi) is 2.41. The van der Waals surface area contributed by atoms with Gasteiger partial charge in [-0.15, -0.1) is 0 Å². The highest BCUT2D eigenvalue weighted by molar-refractivity contribution is 5.88. The van der Waals surface area contributed by atoms with Crippen molar-refractivity contribution >= 4 is 22.7 Å². The number of aromatic nitrogens is 5. The van der Waals surface area contributed by atoms with Crippen molar-refractivity contribution in [2.75, 3.05) is 0 Å². The Morgan fingerprint density at radius 3 is 2.75 bits per heavy atom. The summed E-state index contributed by atoms with van der Waals surface area (Å²) in [6.07, 6.45) is 2.81. The second-order valence-electron chi connectivity index (χ2n) is 5.53. The second kappa shape index (κ2) is 4.48. The average Bonchev–Trinajstić information content (AvgIpc) is 3.21. The van der Waals surface area contributed by atoms with Crippen LogP contribution in [0.3, 0.4) is 0 Å². The molecule has 0 radical (unpaired) electrons. The number of hydrogen-bond donors (Lipinski definition) is 1. The summed E-state index contributed by atoms with van der Waals surface area (Å²) in [5.74, 6) is 0.403. The van der Waals surface area contributed by atoms with Gasteiger partial charge in [-0.3, -0.25) is 4.79 Å². The van der Waals surface area contributed by atoms with E-state index >= 15 is 0 Å². The minimum atomic E-state index is -0.440. The minimum Gasteiger partial charge on any atom is -0.325 e. The largest absolute Gasteiger partial charge is 0.329 e. The molecule has 0 bridgehead atoms. The standard InChI is InChI=1S/C16H10N6O2/c23-14-10-7-17-15-18-8-19-22(15)11(10)6-12-13(20-16(24)21(12)14)9-4-2-1-3-5-9/h1-8,13H,(H,20,24)/t13-/m0/s1. The third kappa shape index (κ3) is 1.59. The number of hydrogen-bond acceptors (Lipinski definition) is 5. The van der Waals surface area contributed by atoms with Crippen LogP contribution in [0.4, 0.5) is 4.79 Å². The van der Waals surface area contributed by atoms with Crippen LogP contribution >= 0.6 is 0 Å². The zero-order valence-corrected chi connectivity index (χ0v) is 12.2. The highest BCUT2D eigenvalue weighted by atomic mass is 16.2. The van der Waals surface area contributed by atoms with E-state index in [9.17, 15) is 9.59 Å². The van der Waals surface area contributed by atoms with E-state index in [4.69, 9.17) is 0 Å². The molecule has 1 amide bonds. The molecule has 4 aromatic rings. The first kappa shape index (κ1) is 12.9. The Hall–Kier alpha value is -3.55. The zero-order chi connectivity index (χ0) is 16.3. The van der Waals surface area contributed by atoms with Crippen LogP contribution in [0.25, 0.3) is 16.7 Å². The zero-order valence-electron chi connectivity index (χ0n) is 12.2. The van der Waals surface area contributed by atoms with E-state index in [-0.39, 0.29) is 6.04 Å². The maximum absolute atomic E-state index is 12.8. The molecule has 0 spiro atoms. The van der Waals surface area contributed by atoms with Crippen molar-refractivity contribution < 1.29 is 4.79 Å². The van der Waals surface area contributed by atoms with Gasteiger partial charge in [0.15, 0.2) is 0 Å². The molecule has 4 heterocycles. The maximum atomic E-state index is 12.8. The molecule has 116 valence electrons. The van der Waals surface area contributed by atoms with Crippen molar-refractivity contribution in [2.24, 2.45) is 0 Å². The topological polar surface area (TPSA) is 94.2 Å². The summed E-state index contributed by atoms with van der Waals surface area (Å²) in [7, 11) is 0. The van der Waals surface area contributed by atoms with E-state index in [0.717, 1.165) is 10.1 Å². The maximum Gasteiger partial charge on any atom is 0.329 e. The lowest BCUT2D eigenvalue weighted by molar-refractivity contribution is 0.245. The Morgan fingerprint density at radius 2 is 1.92 bits per heavy atom. The summed E-state index contributed by atoms with van der Waals surface area (Å²) in [6, 6.07) is 10.5. The average molecular weight is 318 g/mol. The van der Waals surface area contributed by atoms with E-state index in [1.165, 1.54) is 17.0 Å². The predicted octanol–water partition coefficient (Wildman–Crippen LogP) is 1.10. The molecule has 1 N–H and O–H groups in total. The molecule has 1 aliphatic heterocycles. The van der Waals surface area contributed by atoms with Crippen molar-refractivity contribution in [3.63, 3.8) is 0 Å². The Bertz CT molecular complexity index is 1180. The number of fused-ring (bicyclic) bond motifs is 4. The number of benzene rings is 1. The molecule has 24 heavy (non-hydrogen) atoms. The molecule has 1 atom stereocenters. The summed E-state index contributed by atoms with van der Waals surface area (Å²) < 4.78 is 2.66. The second-order valence-corrected chi connectivity index (χ2v) is 5.53. The van der Waals surface area contributed by atoms with Gasteiger partial charge in [0.2, 0.25) is 0 Å². The fourth-order valence-electron chi connectivity index (χ4n) is 3.13. The predicted molar refractivity (Wildman–Crippen MR) is 84.8 cm³/mol. The van der Waals surface area contributed by atoms with E-state index < -0.39 is 11.6 Å². The van der Waals surface area contributed by atoms with Gasteiger partial charge in [0, 0.05) is 6.20 Å². The first-order chi connectivity index (χ1) is 11.7. The molecule has 1 aromatic carbocycles. The molecule has 3 aromatic heterocycles. The molecule has 0 saturated heterocycles. The monoisotopic (exact) mass is 318 g/mol. The molecule has 1 aliphatic rings. The number of pyridine rings is 1.